The Labute approximate surface area is 281 Å². The number of nitrogens with zero attached hydrogens (tertiary/aromatic N) is 1. The average molecular weight is 688 g/mol. The lowest BCUT2D eigenvalue weighted by Crippen LogP contribution is -2.64. The van der Waals surface area contributed by atoms with Gasteiger partial charge < -0.3 is 44.5 Å². The van der Waals surface area contributed by atoms with Gasteiger partial charge in [0, 0.05) is 19.9 Å². The normalized spacial score (nSPS) is 17.9. The zero-order valence-corrected chi connectivity index (χ0v) is 29.4. The maximum Gasteiger partial charge on any atom is 0.417 e. The van der Waals surface area contributed by atoms with Crippen molar-refractivity contribution in [3.05, 3.63) is 11.8 Å². The smallest absolute Gasteiger partial charge is 0.417 e. The number of aliphatic hydroxyl groups is 2. The van der Waals surface area contributed by atoms with Gasteiger partial charge in [-0.15, -0.1) is 0 Å². The Bertz CT molecular complexity index is 1180. The molecular formula is C31H53N5O12. The number of methoxy groups -OCH3 is 1. The average Bonchev–Trinajstić information content (AvgIpc) is 2.91. The molecular weight excluding hydrogens is 634 g/mol. The highest BCUT2D eigenvalue weighted by Crippen LogP contribution is 2.29. The number of esters is 1. The van der Waals surface area contributed by atoms with E-state index in [1.54, 1.807) is 41.5 Å². The fraction of sp³-hybridized carbons (Fsp3) is 0.742. The third-order valence-electron chi connectivity index (χ3n) is 6.43. The number of carbonyl (C=O) groups excluding carboxylic acids is 5. The van der Waals surface area contributed by atoms with Crippen molar-refractivity contribution in [1.29, 1.82) is 5.41 Å². The number of nitrogens with one attached hydrogen (secondary N) is 4. The molecule has 1 aliphatic rings. The molecule has 1 rings (SSSR count). The van der Waals surface area contributed by atoms with Gasteiger partial charge in [-0.2, -0.15) is 0 Å². The summed E-state index contributed by atoms with van der Waals surface area (Å²) < 4.78 is 26.1. The molecule has 6 N–H and O–H groups in total. The molecule has 0 aromatic carbocycles. The van der Waals surface area contributed by atoms with E-state index in [9.17, 15) is 34.2 Å². The first-order chi connectivity index (χ1) is 22.1. The maximum absolute atomic E-state index is 13.6. The van der Waals surface area contributed by atoms with Gasteiger partial charge in [-0.05, 0) is 60.5 Å². The molecule has 0 saturated heterocycles. The molecule has 0 aliphatic carbocycles. The SMILES string of the molecule is CCCCCCCNC(=O)OC(O)(O)CC[C@H]1OC(C(=O)OC)=C[C@H](N(C(=N)NC(=O)OC(C)(C)C)C(=O)OC(C)(C)C)[C@H]1NC(C)=O. The van der Waals surface area contributed by atoms with Gasteiger partial charge in [0.1, 0.15) is 17.3 Å². The second-order valence-electron chi connectivity index (χ2n) is 13.2. The van der Waals surface area contributed by atoms with Crippen LogP contribution in [-0.2, 0) is 33.3 Å². The van der Waals surface area contributed by atoms with E-state index in [1.807, 2.05) is 0 Å². The first kappa shape index (κ1) is 41.9. The van der Waals surface area contributed by atoms with Gasteiger partial charge in [-0.25, -0.2) is 24.1 Å². The van der Waals surface area contributed by atoms with Gasteiger partial charge in [-0.1, -0.05) is 32.6 Å². The van der Waals surface area contributed by atoms with Crippen LogP contribution in [0.25, 0.3) is 0 Å². The summed E-state index contributed by atoms with van der Waals surface area (Å²) in [5, 5.41) is 36.9. The number of carbonyl (C=O) groups is 5. The van der Waals surface area contributed by atoms with Gasteiger partial charge in [0.2, 0.25) is 17.6 Å². The highest BCUT2D eigenvalue weighted by atomic mass is 16.8. The Morgan fingerprint density at radius 3 is 2.08 bits per heavy atom. The molecule has 0 unspecified atom stereocenters. The van der Waals surface area contributed by atoms with Crippen molar-refractivity contribution in [2.45, 2.75) is 136 Å². The highest BCUT2D eigenvalue weighted by Gasteiger charge is 2.46. The fourth-order valence-corrected chi connectivity index (χ4v) is 4.48. The van der Waals surface area contributed by atoms with E-state index in [-0.39, 0.29) is 13.0 Å². The summed E-state index contributed by atoms with van der Waals surface area (Å²) in [6.45, 7) is 13.0. The van der Waals surface area contributed by atoms with E-state index in [0.29, 0.717) is 11.3 Å². The van der Waals surface area contributed by atoms with E-state index < -0.39 is 83.7 Å². The van der Waals surface area contributed by atoms with Crippen molar-refractivity contribution in [2.24, 2.45) is 0 Å². The summed E-state index contributed by atoms with van der Waals surface area (Å²) in [6.07, 6.45) is 0.0559. The van der Waals surface area contributed by atoms with Crippen LogP contribution in [0.15, 0.2) is 11.8 Å². The summed E-state index contributed by atoms with van der Waals surface area (Å²) in [4.78, 5) is 64.2. The Morgan fingerprint density at radius 2 is 1.54 bits per heavy atom. The number of unbranched alkanes of at least 4 members (excludes halogenated alkanes) is 4. The molecule has 17 heteroatoms. The summed E-state index contributed by atoms with van der Waals surface area (Å²) in [6, 6.07) is -2.75. The Balaban J connectivity index is 3.42. The molecule has 0 spiro atoms. The van der Waals surface area contributed by atoms with Crippen molar-refractivity contribution in [1.82, 2.24) is 20.9 Å². The number of hydrogen-bond donors (Lipinski definition) is 6. The zero-order chi connectivity index (χ0) is 36.9. The van der Waals surface area contributed by atoms with Crippen LogP contribution in [-0.4, -0.2) is 100 Å². The molecule has 1 aliphatic heterocycles. The van der Waals surface area contributed by atoms with Crippen LogP contribution in [0.3, 0.4) is 0 Å². The lowest BCUT2D eigenvalue weighted by molar-refractivity contribution is -0.312. The molecule has 0 aromatic heterocycles. The molecule has 48 heavy (non-hydrogen) atoms. The van der Waals surface area contributed by atoms with E-state index >= 15 is 0 Å². The van der Waals surface area contributed by atoms with Crippen LogP contribution in [0.2, 0.25) is 0 Å². The lowest BCUT2D eigenvalue weighted by Gasteiger charge is -2.42. The Morgan fingerprint density at radius 1 is 0.938 bits per heavy atom. The third-order valence-corrected chi connectivity index (χ3v) is 6.43. The van der Waals surface area contributed by atoms with E-state index in [1.165, 1.54) is 0 Å². The van der Waals surface area contributed by atoms with Crippen molar-refractivity contribution >= 4 is 36.1 Å². The minimum Gasteiger partial charge on any atom is -0.481 e. The summed E-state index contributed by atoms with van der Waals surface area (Å²) >= 11 is 0. The molecule has 274 valence electrons. The second-order valence-corrected chi connectivity index (χ2v) is 13.2. The van der Waals surface area contributed by atoms with Crippen LogP contribution in [0.4, 0.5) is 14.4 Å². The molecule has 4 amide bonds. The zero-order valence-electron chi connectivity index (χ0n) is 29.4. The number of guanidine groups is 1. The first-order valence-electron chi connectivity index (χ1n) is 15.9. The van der Waals surface area contributed by atoms with Crippen molar-refractivity contribution in [2.75, 3.05) is 13.7 Å². The van der Waals surface area contributed by atoms with E-state index in [0.717, 1.165) is 45.8 Å². The van der Waals surface area contributed by atoms with Gasteiger partial charge in [0.05, 0.1) is 19.2 Å². The second kappa shape index (κ2) is 18.4. The molecule has 3 atom stereocenters. The minimum atomic E-state index is -3.01. The summed E-state index contributed by atoms with van der Waals surface area (Å²) in [5.41, 5.74) is -2.05. The minimum absolute atomic E-state index is 0.258. The number of alkyl carbamates (subject to hydrolysis) is 2. The fourth-order valence-electron chi connectivity index (χ4n) is 4.48. The predicted molar refractivity (Wildman–Crippen MR) is 171 cm³/mol. The van der Waals surface area contributed by atoms with Crippen LogP contribution < -0.4 is 16.0 Å². The summed E-state index contributed by atoms with van der Waals surface area (Å²) in [7, 11) is 1.07. The monoisotopic (exact) mass is 687 g/mol. The van der Waals surface area contributed by atoms with E-state index in [4.69, 9.17) is 29.1 Å². The van der Waals surface area contributed by atoms with Crippen molar-refractivity contribution in [3.63, 3.8) is 0 Å². The topological polar surface area (TPSA) is 235 Å². The highest BCUT2D eigenvalue weighted by molar-refractivity contribution is 6.00. The summed E-state index contributed by atoms with van der Waals surface area (Å²) in [5.74, 6) is -5.94. The lowest BCUT2D eigenvalue weighted by atomic mass is 9.93. The first-order valence-corrected chi connectivity index (χ1v) is 15.9. The van der Waals surface area contributed by atoms with Crippen molar-refractivity contribution < 1.29 is 57.9 Å². The number of amides is 4. The van der Waals surface area contributed by atoms with Gasteiger partial charge in [-0.3, -0.25) is 15.5 Å². The predicted octanol–water partition coefficient (Wildman–Crippen LogP) is 3.13. The molecule has 0 radical (unpaired) electrons. The standard InChI is InChI=1S/C31H53N5O12/c1-10-11-12-13-14-17-33-26(39)47-31(42,43)16-15-21-23(34-19(2)37)20(18-22(45-21)24(38)44-9)36(28(41)48-30(6,7)8)25(32)35-27(40)46-29(3,4)5/h18,20-21,23,42-43H,10-17H2,1-9H3,(H,33,39)(H,34,37)(H2,32,35,40)/t20-,21+,23+/m0/s1. The number of hydrogen-bond acceptors (Lipinski definition) is 13. The molecule has 0 bridgehead atoms. The van der Waals surface area contributed by atoms with Crippen LogP contribution in [0.1, 0.15) is 100 Å². The van der Waals surface area contributed by atoms with Crippen molar-refractivity contribution in [3.8, 4) is 0 Å². The van der Waals surface area contributed by atoms with Gasteiger partial charge in [0.25, 0.3) is 0 Å². The van der Waals surface area contributed by atoms with Gasteiger partial charge >= 0.3 is 30.2 Å². The number of rotatable bonds is 13. The molecule has 0 saturated carbocycles. The van der Waals surface area contributed by atoms with E-state index in [2.05, 4.69) is 22.9 Å². The quantitative estimate of drug-likeness (QED) is 0.0409. The van der Waals surface area contributed by atoms with Crippen LogP contribution in [0.5, 0.6) is 0 Å². The maximum atomic E-state index is 13.6. The Hall–Kier alpha value is -4.12. The Kier molecular flexibility index (Phi) is 16.1. The number of ether oxygens (including phenoxy) is 5. The van der Waals surface area contributed by atoms with Gasteiger partial charge in [0.15, 0.2) is 0 Å². The third kappa shape index (κ3) is 15.6. The molecule has 0 aromatic rings. The molecule has 1 heterocycles. The largest absolute Gasteiger partial charge is 0.481 e. The molecule has 17 nitrogen and oxygen atoms in total. The van der Waals surface area contributed by atoms with Crippen LogP contribution in [0, 0.1) is 5.41 Å². The van der Waals surface area contributed by atoms with Crippen LogP contribution >= 0.6 is 0 Å². The molecule has 0 fully saturated rings.